The molecule has 29 heavy (non-hydrogen) atoms. The molecule has 3 heterocycles. The zero-order chi connectivity index (χ0) is 20.6. The first-order valence-electron chi connectivity index (χ1n) is 9.21. The van der Waals surface area contributed by atoms with Crippen LogP contribution in [0.2, 0.25) is 0 Å². The minimum atomic E-state index is -3.03. The average molecular weight is 402 g/mol. The Kier molecular flexibility index (Phi) is 4.91. The van der Waals surface area contributed by atoms with Crippen molar-refractivity contribution < 1.29 is 22.7 Å². The predicted molar refractivity (Wildman–Crippen MR) is 101 cm³/mol. The molecule has 1 aromatic carbocycles. The van der Waals surface area contributed by atoms with Gasteiger partial charge in [0, 0.05) is 23.3 Å². The second-order valence-electron chi connectivity index (χ2n) is 6.98. The summed E-state index contributed by atoms with van der Waals surface area (Å²) in [5.74, 6) is -3.99. The molecular formula is C20H20F2N4O3. The molecule has 0 bridgehead atoms. The Hall–Kier alpha value is -3.07. The minimum Gasteiger partial charge on any atom is -0.485 e. The maximum atomic E-state index is 14.9. The smallest absolute Gasteiger partial charge is 0.267 e. The van der Waals surface area contributed by atoms with E-state index in [2.05, 4.69) is 15.3 Å². The van der Waals surface area contributed by atoms with Crippen molar-refractivity contribution in [1.82, 2.24) is 15.3 Å². The van der Waals surface area contributed by atoms with E-state index < -0.39 is 24.3 Å². The SMILES string of the molecule is Cc1oc2ccc(OCc3ncccn3)c(C3CCNCC3(F)F)c2c1C(N)=O. The Labute approximate surface area is 165 Å². The van der Waals surface area contributed by atoms with Crippen LogP contribution in [0, 0.1) is 6.92 Å². The van der Waals surface area contributed by atoms with E-state index in [1.165, 1.54) is 0 Å². The Balaban J connectivity index is 1.88. The number of alkyl halides is 2. The fourth-order valence-corrected chi connectivity index (χ4v) is 3.82. The maximum absolute atomic E-state index is 14.9. The van der Waals surface area contributed by atoms with Gasteiger partial charge in [-0.25, -0.2) is 18.7 Å². The number of carbonyl (C=O) groups excluding carboxylic acids is 1. The van der Waals surface area contributed by atoms with Crippen LogP contribution < -0.4 is 15.8 Å². The second-order valence-corrected chi connectivity index (χ2v) is 6.98. The highest BCUT2D eigenvalue weighted by Crippen LogP contribution is 2.47. The number of amides is 1. The summed E-state index contributed by atoms with van der Waals surface area (Å²) < 4.78 is 41.2. The highest BCUT2D eigenvalue weighted by Gasteiger charge is 2.45. The molecule has 1 aliphatic heterocycles. The van der Waals surface area contributed by atoms with Gasteiger partial charge in [-0.1, -0.05) is 0 Å². The molecule has 2 aromatic heterocycles. The molecule has 3 N–H and O–H groups in total. The van der Waals surface area contributed by atoms with E-state index >= 15 is 0 Å². The quantitative estimate of drug-likeness (QED) is 0.680. The van der Waals surface area contributed by atoms with Crippen LogP contribution in [-0.4, -0.2) is 34.9 Å². The van der Waals surface area contributed by atoms with Crippen LogP contribution in [0.4, 0.5) is 8.78 Å². The lowest BCUT2D eigenvalue weighted by molar-refractivity contribution is -0.0423. The molecule has 1 saturated heterocycles. The number of hydrogen-bond donors (Lipinski definition) is 2. The third-order valence-electron chi connectivity index (χ3n) is 5.08. The fraction of sp³-hybridized carbons (Fsp3) is 0.350. The van der Waals surface area contributed by atoms with Gasteiger partial charge in [-0.2, -0.15) is 0 Å². The number of benzene rings is 1. The molecular weight excluding hydrogens is 382 g/mol. The highest BCUT2D eigenvalue weighted by molar-refractivity contribution is 6.08. The van der Waals surface area contributed by atoms with Crippen molar-refractivity contribution in [1.29, 1.82) is 0 Å². The van der Waals surface area contributed by atoms with Crippen LogP contribution in [-0.2, 0) is 6.61 Å². The van der Waals surface area contributed by atoms with Gasteiger partial charge in [-0.15, -0.1) is 0 Å². The van der Waals surface area contributed by atoms with Gasteiger partial charge < -0.3 is 20.2 Å². The molecule has 0 aliphatic carbocycles. The van der Waals surface area contributed by atoms with Crippen LogP contribution in [0.1, 0.15) is 39.8 Å². The van der Waals surface area contributed by atoms with E-state index in [1.54, 1.807) is 37.5 Å². The molecule has 1 amide bonds. The third-order valence-corrected chi connectivity index (χ3v) is 5.08. The number of fused-ring (bicyclic) bond motifs is 1. The van der Waals surface area contributed by atoms with Crippen molar-refractivity contribution in [2.24, 2.45) is 5.73 Å². The van der Waals surface area contributed by atoms with E-state index in [0.717, 1.165) is 0 Å². The normalized spacial score (nSPS) is 18.7. The number of nitrogens with one attached hydrogen (secondary N) is 1. The number of hydrogen-bond acceptors (Lipinski definition) is 6. The number of aryl methyl sites for hydroxylation is 1. The third kappa shape index (κ3) is 3.53. The molecule has 3 aromatic rings. The monoisotopic (exact) mass is 402 g/mol. The van der Waals surface area contributed by atoms with Gasteiger partial charge in [-0.05, 0) is 38.1 Å². The molecule has 7 nitrogen and oxygen atoms in total. The van der Waals surface area contributed by atoms with Crippen LogP contribution in [0.3, 0.4) is 0 Å². The van der Waals surface area contributed by atoms with Crippen LogP contribution in [0.25, 0.3) is 11.0 Å². The summed E-state index contributed by atoms with van der Waals surface area (Å²) in [6.07, 6.45) is 3.31. The van der Waals surface area contributed by atoms with Crippen LogP contribution in [0.5, 0.6) is 5.75 Å². The summed E-state index contributed by atoms with van der Waals surface area (Å²) in [4.78, 5) is 20.3. The highest BCUT2D eigenvalue weighted by atomic mass is 19.3. The Bertz CT molecular complexity index is 1050. The summed E-state index contributed by atoms with van der Waals surface area (Å²) in [5.41, 5.74) is 6.20. The summed E-state index contributed by atoms with van der Waals surface area (Å²) in [7, 11) is 0. The zero-order valence-electron chi connectivity index (χ0n) is 15.7. The number of nitrogens with zero attached hydrogens (tertiary/aromatic N) is 2. The van der Waals surface area contributed by atoms with Gasteiger partial charge in [-0.3, -0.25) is 4.79 Å². The lowest BCUT2D eigenvalue weighted by atomic mass is 9.83. The average Bonchev–Trinajstić information content (AvgIpc) is 3.03. The molecule has 9 heteroatoms. The van der Waals surface area contributed by atoms with E-state index in [0.29, 0.717) is 18.0 Å². The van der Waals surface area contributed by atoms with E-state index in [9.17, 15) is 13.6 Å². The van der Waals surface area contributed by atoms with Crippen molar-refractivity contribution in [3.63, 3.8) is 0 Å². The van der Waals surface area contributed by atoms with Crippen molar-refractivity contribution in [2.75, 3.05) is 13.1 Å². The molecule has 1 unspecified atom stereocenters. The lowest BCUT2D eigenvalue weighted by Gasteiger charge is -2.33. The molecule has 152 valence electrons. The summed E-state index contributed by atoms with van der Waals surface area (Å²) in [5, 5.41) is 3.00. The molecule has 0 saturated carbocycles. The number of rotatable bonds is 5. The number of furan rings is 1. The molecule has 1 aliphatic rings. The second kappa shape index (κ2) is 7.40. The predicted octanol–water partition coefficient (Wildman–Crippen LogP) is 2.92. The number of ether oxygens (including phenoxy) is 1. The standard InChI is InChI=1S/C20H20F2N4O3/c1-11-16(19(23)27)18-14(29-11)4-3-13(28-9-15-25-6-2-7-26-15)17(18)12-5-8-24-10-20(12,21)22/h2-4,6-7,12,24H,5,8-10H2,1H3,(H2,23,27). The molecule has 1 atom stereocenters. The first-order valence-corrected chi connectivity index (χ1v) is 9.21. The van der Waals surface area contributed by atoms with Gasteiger partial charge in [0.05, 0.1) is 18.0 Å². The van der Waals surface area contributed by atoms with Gasteiger partial charge in [0.2, 0.25) is 0 Å². The Morgan fingerprint density at radius 3 is 2.83 bits per heavy atom. The zero-order valence-corrected chi connectivity index (χ0v) is 15.7. The number of carbonyl (C=O) groups is 1. The summed E-state index contributed by atoms with van der Waals surface area (Å²) in [6, 6.07) is 4.84. The van der Waals surface area contributed by atoms with Crippen molar-refractivity contribution >= 4 is 16.9 Å². The van der Waals surface area contributed by atoms with Crippen LogP contribution in [0.15, 0.2) is 35.0 Å². The first-order chi connectivity index (χ1) is 13.9. The number of primary amides is 1. The van der Waals surface area contributed by atoms with Gasteiger partial charge in [0.1, 0.15) is 23.7 Å². The number of piperidine rings is 1. The molecule has 0 spiro atoms. The Morgan fingerprint density at radius 2 is 2.14 bits per heavy atom. The molecule has 0 radical (unpaired) electrons. The van der Waals surface area contributed by atoms with E-state index in [4.69, 9.17) is 14.9 Å². The fourth-order valence-electron chi connectivity index (χ4n) is 3.82. The number of halogens is 2. The summed E-state index contributed by atoms with van der Waals surface area (Å²) >= 11 is 0. The topological polar surface area (TPSA) is 103 Å². The number of nitrogens with two attached hydrogens (primary N) is 1. The van der Waals surface area contributed by atoms with Crippen LogP contribution >= 0.6 is 0 Å². The van der Waals surface area contributed by atoms with E-state index in [1.807, 2.05) is 0 Å². The molecule has 1 fully saturated rings. The maximum Gasteiger partial charge on any atom is 0.267 e. The van der Waals surface area contributed by atoms with Crippen molar-refractivity contribution in [2.45, 2.75) is 31.8 Å². The van der Waals surface area contributed by atoms with Gasteiger partial charge in [0.15, 0.2) is 5.82 Å². The van der Waals surface area contributed by atoms with Gasteiger partial charge in [0.25, 0.3) is 11.8 Å². The van der Waals surface area contributed by atoms with Crippen molar-refractivity contribution in [3.05, 3.63) is 53.3 Å². The minimum absolute atomic E-state index is 0.00136. The molecule has 4 rings (SSSR count). The summed E-state index contributed by atoms with van der Waals surface area (Å²) in [6.45, 7) is 1.54. The van der Waals surface area contributed by atoms with Crippen molar-refractivity contribution in [3.8, 4) is 5.75 Å². The van der Waals surface area contributed by atoms with Gasteiger partial charge >= 0.3 is 0 Å². The first kappa shape index (κ1) is 19.3. The Morgan fingerprint density at radius 1 is 1.38 bits per heavy atom. The van der Waals surface area contributed by atoms with E-state index in [-0.39, 0.29) is 41.1 Å². The largest absolute Gasteiger partial charge is 0.485 e. The number of aromatic nitrogens is 2. The lowest BCUT2D eigenvalue weighted by Crippen LogP contribution is -2.44.